The van der Waals surface area contributed by atoms with Gasteiger partial charge < -0.3 is 0 Å². The van der Waals surface area contributed by atoms with Crippen LogP contribution in [0.2, 0.25) is 0 Å². The summed E-state index contributed by atoms with van der Waals surface area (Å²) in [5.74, 6) is 1.49. The molecule has 2 heteroatoms. The Labute approximate surface area is 227 Å². The van der Waals surface area contributed by atoms with Gasteiger partial charge in [0, 0.05) is 5.66 Å². The van der Waals surface area contributed by atoms with Gasteiger partial charge >= 0.3 is 0 Å². The molecule has 0 spiro atoms. The molecule has 185 valence electrons. The zero-order valence-corrected chi connectivity index (χ0v) is 24.2. The van der Waals surface area contributed by atoms with Gasteiger partial charge in [-0.2, -0.15) is 0 Å². The molecule has 1 atom stereocenters. The summed E-state index contributed by atoms with van der Waals surface area (Å²) < 4.78 is 0. The van der Waals surface area contributed by atoms with E-state index in [0.29, 0.717) is 5.66 Å². The topological polar surface area (TPSA) is 0 Å². The van der Waals surface area contributed by atoms with Crippen molar-refractivity contribution in [1.82, 2.24) is 0 Å². The molecule has 0 saturated heterocycles. The lowest BCUT2D eigenvalue weighted by Gasteiger charge is -2.36. The van der Waals surface area contributed by atoms with Gasteiger partial charge in [-0.15, -0.1) is 0 Å². The summed E-state index contributed by atoms with van der Waals surface area (Å²) in [7, 11) is -1.24. The molecular weight excluding hydrogens is 482 g/mol. The second kappa shape index (κ2) is 11.6. The summed E-state index contributed by atoms with van der Waals surface area (Å²) in [5, 5.41) is 5.76. The summed E-state index contributed by atoms with van der Waals surface area (Å²) in [4.78, 5) is 0. The molecule has 0 aliphatic heterocycles. The number of hydrogen-bond acceptors (Lipinski definition) is 0. The van der Waals surface area contributed by atoms with E-state index in [1.165, 1.54) is 55.0 Å². The molecule has 0 nitrogen and oxygen atoms in total. The molecule has 0 unspecified atom stereocenters. The van der Waals surface area contributed by atoms with Crippen molar-refractivity contribution >= 4 is 37.1 Å². The highest BCUT2D eigenvalue weighted by molar-refractivity contribution is 7.76. The first kappa shape index (κ1) is 26.4. The maximum absolute atomic E-state index is 2.46. The fraction of sp³-hybridized carbons (Fsp3) is 0.171. The average molecular weight is 518 g/mol. The fourth-order valence-corrected chi connectivity index (χ4v) is 11.2. The molecule has 1 fully saturated rings. The van der Waals surface area contributed by atoms with Crippen molar-refractivity contribution in [3.63, 3.8) is 0 Å². The van der Waals surface area contributed by atoms with Gasteiger partial charge in [-0.3, -0.25) is 0 Å². The van der Waals surface area contributed by atoms with Crippen molar-refractivity contribution in [1.29, 1.82) is 0 Å². The van der Waals surface area contributed by atoms with E-state index in [1.807, 2.05) is 0 Å². The van der Waals surface area contributed by atoms with Gasteiger partial charge in [-0.25, -0.2) is 0 Å². The Morgan fingerprint density at radius 3 is 1.38 bits per heavy atom. The number of benzene rings is 4. The Kier molecular flexibility index (Phi) is 8.29. The van der Waals surface area contributed by atoms with Crippen molar-refractivity contribution in [2.45, 2.75) is 40.3 Å². The highest BCUT2D eigenvalue weighted by atomic mass is 31.1. The van der Waals surface area contributed by atoms with Gasteiger partial charge in [0.05, 0.1) is 0 Å². The van der Waals surface area contributed by atoms with Gasteiger partial charge in [-0.1, -0.05) is 126 Å². The largest absolute Gasteiger partial charge is 0.0622 e. The molecule has 0 bridgehead atoms. The highest BCUT2D eigenvalue weighted by Crippen LogP contribution is 2.61. The fourth-order valence-electron chi connectivity index (χ4n) is 5.48. The molecular formula is C35H35P2. The minimum absolute atomic E-state index is 0.389. The number of rotatable bonds is 7. The van der Waals surface area contributed by atoms with Crippen molar-refractivity contribution in [2.24, 2.45) is 0 Å². The van der Waals surface area contributed by atoms with Crippen LogP contribution in [0.3, 0.4) is 0 Å². The Hall–Kier alpha value is -2.26. The maximum atomic E-state index is 2.46. The van der Waals surface area contributed by atoms with Crippen LogP contribution in [0.25, 0.3) is 0 Å². The lowest BCUT2D eigenvalue weighted by molar-refractivity contribution is 1.00. The molecule has 0 amide bonds. The predicted molar refractivity (Wildman–Crippen MR) is 166 cm³/mol. The van der Waals surface area contributed by atoms with Gasteiger partial charge in [0.2, 0.25) is 0 Å². The minimum Gasteiger partial charge on any atom is -0.0622 e. The van der Waals surface area contributed by atoms with Gasteiger partial charge in [0.25, 0.3) is 0 Å². The van der Waals surface area contributed by atoms with Crippen LogP contribution in [0, 0.1) is 58.5 Å². The Morgan fingerprint density at radius 2 is 0.946 bits per heavy atom. The summed E-state index contributed by atoms with van der Waals surface area (Å²) >= 11 is 0. The summed E-state index contributed by atoms with van der Waals surface area (Å²) in [6.45, 7) is 11.4. The lowest BCUT2D eigenvalue weighted by Crippen LogP contribution is -2.29. The molecule has 4 aromatic rings. The first-order valence-electron chi connectivity index (χ1n) is 13.0. The molecule has 0 aromatic heterocycles. The normalized spacial score (nSPS) is 15.5. The van der Waals surface area contributed by atoms with Crippen molar-refractivity contribution in [3.8, 4) is 0 Å². The Bertz CT molecular complexity index is 1200. The minimum atomic E-state index is -0.639. The van der Waals surface area contributed by atoms with E-state index in [9.17, 15) is 0 Å². The quantitative estimate of drug-likeness (QED) is 0.221. The number of aryl methyl sites for hydroxylation is 4. The average Bonchev–Trinajstić information content (AvgIpc) is 3.34. The molecule has 5 radical (unpaired) electrons. The Balaban J connectivity index is 1.60. The SMILES string of the molecule is Cc1cc(C)cc(P(c2cc(C)cc(C)c2)[C@@H](C)[C]2[CH][CH][CH][C]2P(c2ccccc2)c2ccccc2)c1. The molecule has 1 aliphatic carbocycles. The van der Waals surface area contributed by atoms with Crippen molar-refractivity contribution < 1.29 is 0 Å². The second-order valence-electron chi connectivity index (χ2n) is 10.1. The maximum Gasteiger partial charge on any atom is 0.0201 e. The monoisotopic (exact) mass is 517 g/mol. The zero-order valence-electron chi connectivity index (χ0n) is 22.4. The van der Waals surface area contributed by atoms with E-state index in [2.05, 4.69) is 151 Å². The molecule has 1 saturated carbocycles. The van der Waals surface area contributed by atoms with Gasteiger partial charge in [0.1, 0.15) is 0 Å². The molecule has 4 aromatic carbocycles. The Morgan fingerprint density at radius 1 is 0.514 bits per heavy atom. The first-order valence-corrected chi connectivity index (χ1v) is 15.8. The van der Waals surface area contributed by atoms with Crippen LogP contribution in [0.15, 0.2) is 97.1 Å². The summed E-state index contributed by atoms with van der Waals surface area (Å²) in [6.07, 6.45) is 7.05. The van der Waals surface area contributed by atoms with E-state index >= 15 is 0 Å². The first-order chi connectivity index (χ1) is 17.9. The zero-order chi connectivity index (χ0) is 25.9. The molecule has 0 heterocycles. The van der Waals surface area contributed by atoms with E-state index in [-0.39, 0.29) is 0 Å². The van der Waals surface area contributed by atoms with Crippen LogP contribution in [0.5, 0.6) is 0 Å². The van der Waals surface area contributed by atoms with Crippen LogP contribution in [0.1, 0.15) is 29.2 Å². The standard InChI is InChI=1S/C35H35P2/c1-25-19-26(2)22-32(21-25)36(33-23-27(3)20-28(4)24-33)29(5)34-17-12-18-35(34)37(30-13-8-6-9-14-30)31-15-10-7-11-16-31/h6-24,29H,1-5H3/t29-/m0/s1. The van der Waals surface area contributed by atoms with Crippen LogP contribution >= 0.6 is 15.8 Å². The molecule has 5 rings (SSSR count). The van der Waals surface area contributed by atoms with E-state index in [0.717, 1.165) is 0 Å². The van der Waals surface area contributed by atoms with Crippen LogP contribution < -0.4 is 21.2 Å². The summed E-state index contributed by atoms with van der Waals surface area (Å²) in [5.41, 5.74) is 7.26. The second-order valence-corrected chi connectivity index (χ2v) is 14.8. The lowest BCUT2D eigenvalue weighted by atomic mass is 10.0. The van der Waals surface area contributed by atoms with E-state index in [1.54, 1.807) is 0 Å². The van der Waals surface area contributed by atoms with Crippen molar-refractivity contribution in [3.05, 3.63) is 150 Å². The van der Waals surface area contributed by atoms with Crippen LogP contribution in [-0.2, 0) is 0 Å². The molecule has 0 N–H and O–H groups in total. The van der Waals surface area contributed by atoms with E-state index < -0.39 is 15.8 Å². The summed E-state index contributed by atoms with van der Waals surface area (Å²) in [6, 6.07) is 36.4. The predicted octanol–water partition coefficient (Wildman–Crippen LogP) is 7.61. The molecule has 1 aliphatic rings. The smallest absolute Gasteiger partial charge is 0.0201 e. The van der Waals surface area contributed by atoms with Gasteiger partial charge in [-0.05, 0) is 95.6 Å². The van der Waals surface area contributed by atoms with Crippen LogP contribution in [0.4, 0.5) is 0 Å². The van der Waals surface area contributed by atoms with Crippen molar-refractivity contribution in [2.75, 3.05) is 0 Å². The third kappa shape index (κ3) is 5.93. The number of hydrogen-bond donors (Lipinski definition) is 0. The third-order valence-electron chi connectivity index (χ3n) is 6.90. The highest BCUT2D eigenvalue weighted by Gasteiger charge is 2.42. The molecule has 37 heavy (non-hydrogen) atoms. The third-order valence-corrected chi connectivity index (χ3v) is 12.1. The van der Waals surface area contributed by atoms with Gasteiger partial charge in [0.15, 0.2) is 0 Å². The van der Waals surface area contributed by atoms with Crippen LogP contribution in [-0.4, -0.2) is 5.66 Å². The van der Waals surface area contributed by atoms with E-state index in [4.69, 9.17) is 0 Å².